The van der Waals surface area contributed by atoms with E-state index >= 15 is 0 Å². The van der Waals surface area contributed by atoms with Crippen molar-refractivity contribution in [3.63, 3.8) is 0 Å². The minimum atomic E-state index is -0.207. The minimum absolute atomic E-state index is 0.207. The molecule has 0 unspecified atom stereocenters. The van der Waals surface area contributed by atoms with E-state index in [1.54, 1.807) is 12.1 Å². The van der Waals surface area contributed by atoms with Gasteiger partial charge in [0, 0.05) is 11.1 Å². The second-order valence-corrected chi connectivity index (χ2v) is 5.42. The summed E-state index contributed by atoms with van der Waals surface area (Å²) in [5.74, 6) is 0. The second-order valence-electron chi connectivity index (χ2n) is 5.42. The van der Waals surface area contributed by atoms with E-state index in [1.807, 2.05) is 32.9 Å². The fourth-order valence-corrected chi connectivity index (χ4v) is 2.14. The van der Waals surface area contributed by atoms with Gasteiger partial charge in [-0.3, -0.25) is 9.89 Å². The number of carbonyl (C=O) groups excluding carboxylic acids is 1. The lowest BCUT2D eigenvalue weighted by Gasteiger charge is -2.19. The highest BCUT2D eigenvalue weighted by molar-refractivity contribution is 5.80. The Bertz CT molecular complexity index is 657. The number of nitriles is 1. The zero-order valence-corrected chi connectivity index (χ0v) is 11.2. The Morgan fingerprint density at radius 1 is 1.37 bits per heavy atom. The number of nitrogens with one attached hydrogen (secondary N) is 1. The van der Waals surface area contributed by atoms with Crippen molar-refractivity contribution >= 4 is 6.29 Å². The van der Waals surface area contributed by atoms with E-state index in [0.29, 0.717) is 11.3 Å². The van der Waals surface area contributed by atoms with Gasteiger partial charge in [-0.1, -0.05) is 32.9 Å². The van der Waals surface area contributed by atoms with Gasteiger partial charge in [-0.2, -0.15) is 10.4 Å². The first-order chi connectivity index (χ1) is 8.97. The van der Waals surface area contributed by atoms with Crippen molar-refractivity contribution in [2.75, 3.05) is 0 Å². The lowest BCUT2D eigenvalue weighted by Crippen LogP contribution is -2.14. The van der Waals surface area contributed by atoms with E-state index in [2.05, 4.69) is 16.3 Å². The van der Waals surface area contributed by atoms with E-state index in [9.17, 15) is 4.79 Å². The number of aldehydes is 1. The summed E-state index contributed by atoms with van der Waals surface area (Å²) in [7, 11) is 0. The van der Waals surface area contributed by atoms with Gasteiger partial charge in [0.25, 0.3) is 0 Å². The first-order valence-electron chi connectivity index (χ1n) is 6.02. The number of aromatic nitrogens is 2. The molecule has 0 aliphatic heterocycles. The number of carbonyl (C=O) groups is 1. The Morgan fingerprint density at radius 3 is 2.68 bits per heavy atom. The molecule has 1 aromatic heterocycles. The number of nitrogens with zero attached hydrogens (tertiary/aromatic N) is 2. The highest BCUT2D eigenvalue weighted by Crippen LogP contribution is 2.33. The number of hydrogen-bond acceptors (Lipinski definition) is 3. The maximum absolute atomic E-state index is 11.1. The van der Waals surface area contributed by atoms with Gasteiger partial charge in [-0.25, -0.2) is 0 Å². The SMILES string of the molecule is CC(C)(C)c1c(-c2cccc(C#N)c2)n[nH]c1C=O. The molecule has 1 heterocycles. The highest BCUT2D eigenvalue weighted by Gasteiger charge is 2.25. The quantitative estimate of drug-likeness (QED) is 0.836. The smallest absolute Gasteiger partial charge is 0.168 e. The van der Waals surface area contributed by atoms with Crippen LogP contribution in [0.5, 0.6) is 0 Å². The summed E-state index contributed by atoms with van der Waals surface area (Å²) in [4.78, 5) is 11.1. The standard InChI is InChI=1S/C15H15N3O/c1-15(2,3)13-12(9-19)17-18-14(13)11-6-4-5-10(7-11)8-16/h4-7,9H,1-3H3,(H,17,18). The number of H-pyrrole nitrogens is 1. The van der Waals surface area contributed by atoms with E-state index in [0.717, 1.165) is 23.1 Å². The van der Waals surface area contributed by atoms with Crippen LogP contribution in [0.1, 0.15) is 42.4 Å². The van der Waals surface area contributed by atoms with E-state index < -0.39 is 0 Å². The molecule has 4 nitrogen and oxygen atoms in total. The van der Waals surface area contributed by atoms with Crippen molar-refractivity contribution in [1.29, 1.82) is 5.26 Å². The molecule has 4 heteroatoms. The number of rotatable bonds is 2. The van der Waals surface area contributed by atoms with E-state index in [4.69, 9.17) is 5.26 Å². The van der Waals surface area contributed by atoms with Crippen LogP contribution in [0.25, 0.3) is 11.3 Å². The molecule has 1 N–H and O–H groups in total. The molecule has 19 heavy (non-hydrogen) atoms. The molecular weight excluding hydrogens is 238 g/mol. The van der Waals surface area contributed by atoms with Crippen molar-refractivity contribution in [1.82, 2.24) is 10.2 Å². The maximum atomic E-state index is 11.1. The van der Waals surface area contributed by atoms with Crippen molar-refractivity contribution in [2.24, 2.45) is 0 Å². The molecule has 0 bridgehead atoms. The Balaban J connectivity index is 2.66. The van der Waals surface area contributed by atoms with Gasteiger partial charge in [-0.05, 0) is 17.5 Å². The average molecular weight is 253 g/mol. The monoisotopic (exact) mass is 253 g/mol. The predicted octanol–water partition coefficient (Wildman–Crippen LogP) is 3.06. The number of aromatic amines is 1. The van der Waals surface area contributed by atoms with Crippen LogP contribution in [-0.4, -0.2) is 16.5 Å². The molecule has 0 saturated carbocycles. The van der Waals surface area contributed by atoms with Crippen LogP contribution < -0.4 is 0 Å². The third-order valence-electron chi connectivity index (χ3n) is 2.93. The highest BCUT2D eigenvalue weighted by atomic mass is 16.1. The van der Waals surface area contributed by atoms with Gasteiger partial charge >= 0.3 is 0 Å². The summed E-state index contributed by atoms with van der Waals surface area (Å²) < 4.78 is 0. The first kappa shape index (κ1) is 13.0. The Labute approximate surface area is 112 Å². The summed E-state index contributed by atoms with van der Waals surface area (Å²) in [6.45, 7) is 6.09. The van der Waals surface area contributed by atoms with Crippen LogP contribution in [0, 0.1) is 11.3 Å². The molecule has 1 aromatic carbocycles. The summed E-state index contributed by atoms with van der Waals surface area (Å²) in [5.41, 5.74) is 3.30. The Hall–Kier alpha value is -2.41. The fourth-order valence-electron chi connectivity index (χ4n) is 2.14. The number of benzene rings is 1. The van der Waals surface area contributed by atoms with Crippen LogP contribution in [0.3, 0.4) is 0 Å². The van der Waals surface area contributed by atoms with Crippen molar-refractivity contribution in [2.45, 2.75) is 26.2 Å². The summed E-state index contributed by atoms with van der Waals surface area (Å²) >= 11 is 0. The minimum Gasteiger partial charge on any atom is -0.296 e. The number of hydrogen-bond donors (Lipinski definition) is 1. The fraction of sp³-hybridized carbons (Fsp3) is 0.267. The average Bonchev–Trinajstić information content (AvgIpc) is 2.82. The molecular formula is C15H15N3O. The lowest BCUT2D eigenvalue weighted by molar-refractivity contribution is 0.111. The maximum Gasteiger partial charge on any atom is 0.168 e. The van der Waals surface area contributed by atoms with Gasteiger partial charge in [0.1, 0.15) is 5.69 Å². The molecule has 2 rings (SSSR count). The van der Waals surface area contributed by atoms with Crippen LogP contribution in [0.15, 0.2) is 24.3 Å². The summed E-state index contributed by atoms with van der Waals surface area (Å²) in [6, 6.07) is 9.33. The molecule has 0 spiro atoms. The van der Waals surface area contributed by atoms with Crippen molar-refractivity contribution in [3.8, 4) is 17.3 Å². The van der Waals surface area contributed by atoms with Gasteiger partial charge in [0.05, 0.1) is 17.3 Å². The second kappa shape index (κ2) is 4.69. The third-order valence-corrected chi connectivity index (χ3v) is 2.93. The summed E-state index contributed by atoms with van der Waals surface area (Å²) in [6.07, 6.45) is 0.783. The molecule has 0 aliphatic rings. The Morgan fingerprint density at radius 2 is 2.11 bits per heavy atom. The molecule has 2 aromatic rings. The van der Waals surface area contributed by atoms with Gasteiger partial charge in [0.15, 0.2) is 6.29 Å². The normalized spacial score (nSPS) is 11.1. The van der Waals surface area contributed by atoms with Gasteiger partial charge in [0.2, 0.25) is 0 Å². The van der Waals surface area contributed by atoms with E-state index in [-0.39, 0.29) is 5.41 Å². The third kappa shape index (κ3) is 2.41. The zero-order valence-electron chi connectivity index (χ0n) is 11.2. The van der Waals surface area contributed by atoms with Gasteiger partial charge < -0.3 is 0 Å². The molecule has 0 atom stereocenters. The van der Waals surface area contributed by atoms with E-state index in [1.165, 1.54) is 0 Å². The largest absolute Gasteiger partial charge is 0.296 e. The van der Waals surface area contributed by atoms with Crippen LogP contribution in [-0.2, 0) is 5.41 Å². The topological polar surface area (TPSA) is 69.5 Å². The van der Waals surface area contributed by atoms with Crippen LogP contribution in [0.4, 0.5) is 0 Å². The van der Waals surface area contributed by atoms with Gasteiger partial charge in [-0.15, -0.1) is 0 Å². The van der Waals surface area contributed by atoms with Crippen molar-refractivity contribution in [3.05, 3.63) is 41.1 Å². The Kier molecular flexibility index (Phi) is 3.22. The molecule has 0 radical (unpaired) electrons. The molecule has 0 saturated heterocycles. The molecule has 0 aliphatic carbocycles. The molecule has 0 amide bonds. The lowest BCUT2D eigenvalue weighted by atomic mass is 9.83. The summed E-state index contributed by atoms with van der Waals surface area (Å²) in [5, 5.41) is 16.0. The van der Waals surface area contributed by atoms with Crippen molar-refractivity contribution < 1.29 is 4.79 Å². The van der Waals surface area contributed by atoms with Crippen LogP contribution in [0.2, 0.25) is 0 Å². The zero-order chi connectivity index (χ0) is 14.0. The van der Waals surface area contributed by atoms with Crippen LogP contribution >= 0.6 is 0 Å². The molecule has 96 valence electrons. The molecule has 0 fully saturated rings. The first-order valence-corrected chi connectivity index (χ1v) is 6.02. The predicted molar refractivity (Wildman–Crippen MR) is 72.8 cm³/mol.